The second-order valence-electron chi connectivity index (χ2n) is 5.54. The molecule has 4 heteroatoms. The monoisotopic (exact) mass is 301 g/mol. The van der Waals surface area contributed by atoms with Crippen molar-refractivity contribution in [2.24, 2.45) is 0 Å². The summed E-state index contributed by atoms with van der Waals surface area (Å²) in [6, 6.07) is 16.9. The lowest BCUT2D eigenvalue weighted by atomic mass is 10.0. The largest absolute Gasteiger partial charge is 0.370 e. The number of hydrogen-bond donors (Lipinski definition) is 0. The first-order chi connectivity index (χ1) is 10.1. The van der Waals surface area contributed by atoms with E-state index in [1.165, 1.54) is 11.3 Å². The molecule has 110 valence electrons. The second-order valence-corrected chi connectivity index (χ2v) is 7.65. The Morgan fingerprint density at radius 2 is 1.71 bits per heavy atom. The SMILES string of the molecule is CC1CN(CCS(=O)(=O)c2ccccc2)c2ccccc21. The molecule has 0 spiro atoms. The third kappa shape index (κ3) is 2.81. The third-order valence-corrected chi connectivity index (χ3v) is 5.75. The second kappa shape index (κ2) is 5.53. The summed E-state index contributed by atoms with van der Waals surface area (Å²) in [4.78, 5) is 2.59. The molecule has 0 saturated heterocycles. The fraction of sp³-hybridized carbons (Fsp3) is 0.294. The minimum absolute atomic E-state index is 0.151. The third-order valence-electron chi connectivity index (χ3n) is 4.03. The van der Waals surface area contributed by atoms with Gasteiger partial charge >= 0.3 is 0 Å². The molecule has 1 unspecified atom stereocenters. The Hall–Kier alpha value is -1.81. The number of benzene rings is 2. The average Bonchev–Trinajstić information content (AvgIpc) is 2.83. The molecule has 0 amide bonds. The van der Waals surface area contributed by atoms with Gasteiger partial charge in [-0.05, 0) is 23.8 Å². The van der Waals surface area contributed by atoms with Crippen molar-refractivity contribution in [2.75, 3.05) is 23.7 Å². The van der Waals surface area contributed by atoms with E-state index in [1.54, 1.807) is 24.3 Å². The van der Waals surface area contributed by atoms with E-state index in [4.69, 9.17) is 0 Å². The van der Waals surface area contributed by atoms with Gasteiger partial charge in [-0.3, -0.25) is 0 Å². The number of anilines is 1. The molecule has 2 aromatic rings. The summed E-state index contributed by atoms with van der Waals surface area (Å²) in [5.41, 5.74) is 2.49. The number of nitrogens with zero attached hydrogens (tertiary/aromatic N) is 1. The summed E-state index contributed by atoms with van der Waals surface area (Å²) < 4.78 is 24.7. The van der Waals surface area contributed by atoms with E-state index in [0.29, 0.717) is 17.4 Å². The van der Waals surface area contributed by atoms with Gasteiger partial charge in [0.05, 0.1) is 10.6 Å². The normalized spacial score (nSPS) is 17.8. The van der Waals surface area contributed by atoms with Crippen molar-refractivity contribution in [1.82, 2.24) is 0 Å². The predicted octanol–water partition coefficient (Wildman–Crippen LogP) is 3.08. The highest BCUT2D eigenvalue weighted by Gasteiger charge is 2.26. The standard InChI is InChI=1S/C17H19NO2S/c1-14-13-18(17-10-6-5-9-16(14)17)11-12-21(19,20)15-7-3-2-4-8-15/h2-10,14H,11-13H2,1H3. The molecule has 1 aliphatic rings. The molecule has 3 nitrogen and oxygen atoms in total. The van der Waals surface area contributed by atoms with Crippen molar-refractivity contribution >= 4 is 15.5 Å². The van der Waals surface area contributed by atoms with Crippen molar-refractivity contribution in [3.05, 3.63) is 60.2 Å². The van der Waals surface area contributed by atoms with Crippen LogP contribution < -0.4 is 4.90 Å². The maximum atomic E-state index is 12.4. The van der Waals surface area contributed by atoms with E-state index in [-0.39, 0.29) is 5.75 Å². The number of hydrogen-bond acceptors (Lipinski definition) is 3. The Bertz CT molecular complexity index is 725. The summed E-state index contributed by atoms with van der Waals surface area (Å²) in [7, 11) is -3.21. The summed E-state index contributed by atoms with van der Waals surface area (Å²) >= 11 is 0. The zero-order valence-electron chi connectivity index (χ0n) is 12.1. The minimum atomic E-state index is -3.21. The van der Waals surface area contributed by atoms with Crippen LogP contribution >= 0.6 is 0 Å². The molecule has 1 heterocycles. The lowest BCUT2D eigenvalue weighted by Gasteiger charge is -2.19. The molecule has 1 aliphatic heterocycles. The average molecular weight is 301 g/mol. The van der Waals surface area contributed by atoms with Crippen LogP contribution in [0.15, 0.2) is 59.5 Å². The molecular weight excluding hydrogens is 282 g/mol. The Morgan fingerprint density at radius 3 is 2.48 bits per heavy atom. The smallest absolute Gasteiger partial charge is 0.180 e. The maximum absolute atomic E-state index is 12.4. The van der Waals surface area contributed by atoms with Crippen LogP contribution in [-0.2, 0) is 9.84 Å². The van der Waals surface area contributed by atoms with E-state index >= 15 is 0 Å². The van der Waals surface area contributed by atoms with Crippen molar-refractivity contribution in [3.8, 4) is 0 Å². The summed E-state index contributed by atoms with van der Waals surface area (Å²) in [6.45, 7) is 3.62. The molecule has 0 fully saturated rings. The van der Waals surface area contributed by atoms with Crippen LogP contribution in [0.2, 0.25) is 0 Å². The van der Waals surface area contributed by atoms with E-state index in [9.17, 15) is 8.42 Å². The zero-order valence-corrected chi connectivity index (χ0v) is 12.9. The van der Waals surface area contributed by atoms with Crippen LogP contribution in [0.1, 0.15) is 18.4 Å². The fourth-order valence-electron chi connectivity index (χ4n) is 2.91. The molecule has 3 rings (SSSR count). The number of para-hydroxylation sites is 1. The molecule has 0 aromatic heterocycles. The molecule has 0 radical (unpaired) electrons. The summed E-state index contributed by atoms with van der Waals surface area (Å²) in [5, 5.41) is 0. The highest BCUT2D eigenvalue weighted by Crippen LogP contribution is 2.35. The number of fused-ring (bicyclic) bond motifs is 1. The molecule has 0 saturated carbocycles. The molecule has 21 heavy (non-hydrogen) atoms. The lowest BCUT2D eigenvalue weighted by Crippen LogP contribution is -2.28. The van der Waals surface area contributed by atoms with E-state index in [2.05, 4.69) is 24.0 Å². The van der Waals surface area contributed by atoms with Gasteiger partial charge in [-0.15, -0.1) is 0 Å². The van der Waals surface area contributed by atoms with Gasteiger partial charge in [0, 0.05) is 24.7 Å². The van der Waals surface area contributed by atoms with Gasteiger partial charge in [0.15, 0.2) is 9.84 Å². The first-order valence-corrected chi connectivity index (χ1v) is 8.85. The van der Waals surface area contributed by atoms with Crippen molar-refractivity contribution in [1.29, 1.82) is 0 Å². The van der Waals surface area contributed by atoms with Crippen molar-refractivity contribution in [2.45, 2.75) is 17.7 Å². The van der Waals surface area contributed by atoms with Gasteiger partial charge in [-0.25, -0.2) is 8.42 Å². The molecule has 2 aromatic carbocycles. The van der Waals surface area contributed by atoms with Crippen molar-refractivity contribution in [3.63, 3.8) is 0 Å². The topological polar surface area (TPSA) is 37.4 Å². The fourth-order valence-corrected chi connectivity index (χ4v) is 4.18. The Labute approximate surface area is 126 Å². The van der Waals surface area contributed by atoms with Gasteiger partial charge in [0.1, 0.15) is 0 Å². The van der Waals surface area contributed by atoms with Crippen LogP contribution in [-0.4, -0.2) is 27.3 Å². The first kappa shape index (κ1) is 14.1. The van der Waals surface area contributed by atoms with E-state index in [1.807, 2.05) is 18.2 Å². The van der Waals surface area contributed by atoms with Crippen LogP contribution in [0.5, 0.6) is 0 Å². The highest BCUT2D eigenvalue weighted by atomic mass is 32.2. The van der Waals surface area contributed by atoms with Crippen LogP contribution in [0, 0.1) is 0 Å². The molecule has 0 aliphatic carbocycles. The maximum Gasteiger partial charge on any atom is 0.180 e. The van der Waals surface area contributed by atoms with Gasteiger partial charge < -0.3 is 4.90 Å². The molecular formula is C17H19NO2S. The summed E-state index contributed by atoms with van der Waals surface area (Å²) in [5.74, 6) is 0.610. The highest BCUT2D eigenvalue weighted by molar-refractivity contribution is 7.91. The number of sulfone groups is 1. The summed E-state index contributed by atoms with van der Waals surface area (Å²) in [6.07, 6.45) is 0. The van der Waals surface area contributed by atoms with Crippen LogP contribution in [0.4, 0.5) is 5.69 Å². The van der Waals surface area contributed by atoms with E-state index in [0.717, 1.165) is 6.54 Å². The first-order valence-electron chi connectivity index (χ1n) is 7.19. The van der Waals surface area contributed by atoms with Crippen LogP contribution in [0.25, 0.3) is 0 Å². The molecule has 0 bridgehead atoms. The Kier molecular flexibility index (Phi) is 3.72. The van der Waals surface area contributed by atoms with E-state index < -0.39 is 9.84 Å². The number of rotatable bonds is 4. The lowest BCUT2D eigenvalue weighted by molar-refractivity contribution is 0.594. The Morgan fingerprint density at radius 1 is 1.05 bits per heavy atom. The quantitative estimate of drug-likeness (QED) is 0.871. The van der Waals surface area contributed by atoms with Crippen LogP contribution in [0.3, 0.4) is 0 Å². The minimum Gasteiger partial charge on any atom is -0.370 e. The van der Waals surface area contributed by atoms with Gasteiger partial charge in [0.25, 0.3) is 0 Å². The van der Waals surface area contributed by atoms with Gasteiger partial charge in [-0.2, -0.15) is 0 Å². The van der Waals surface area contributed by atoms with Gasteiger partial charge in [0.2, 0.25) is 0 Å². The molecule has 0 N–H and O–H groups in total. The predicted molar refractivity (Wildman–Crippen MR) is 85.6 cm³/mol. The Balaban J connectivity index is 1.75. The molecule has 1 atom stereocenters. The van der Waals surface area contributed by atoms with Gasteiger partial charge in [-0.1, -0.05) is 43.3 Å². The zero-order chi connectivity index (χ0) is 14.9. The van der Waals surface area contributed by atoms with Crippen molar-refractivity contribution < 1.29 is 8.42 Å².